The van der Waals surface area contributed by atoms with E-state index in [1.807, 2.05) is 0 Å². The molecule has 2 aromatic rings. The van der Waals surface area contributed by atoms with E-state index < -0.39 is 0 Å². The molecule has 110 valence electrons. The van der Waals surface area contributed by atoms with Crippen LogP contribution in [0.4, 0.5) is 0 Å². The molecule has 2 heterocycles. The predicted octanol–water partition coefficient (Wildman–Crippen LogP) is 2.38. The molecule has 0 spiro atoms. The van der Waals surface area contributed by atoms with E-state index in [2.05, 4.69) is 34.5 Å². The van der Waals surface area contributed by atoms with Crippen LogP contribution in [0.2, 0.25) is 0 Å². The molecular weight excluding hydrogens is 264 g/mol. The SMILES string of the molecule is Cc1occc1C(=O)NCCN1CCc2ccccc2C1. The number of amides is 1. The topological polar surface area (TPSA) is 45.5 Å². The van der Waals surface area contributed by atoms with Crippen molar-refractivity contribution in [2.45, 2.75) is 19.9 Å². The van der Waals surface area contributed by atoms with E-state index in [0.29, 0.717) is 17.9 Å². The largest absolute Gasteiger partial charge is 0.469 e. The molecule has 0 unspecified atom stereocenters. The first-order valence-corrected chi connectivity index (χ1v) is 7.35. The van der Waals surface area contributed by atoms with Gasteiger partial charge in [-0.05, 0) is 30.5 Å². The van der Waals surface area contributed by atoms with Crippen LogP contribution < -0.4 is 5.32 Å². The molecule has 3 rings (SSSR count). The number of hydrogen-bond acceptors (Lipinski definition) is 3. The van der Waals surface area contributed by atoms with Gasteiger partial charge >= 0.3 is 0 Å². The van der Waals surface area contributed by atoms with Gasteiger partial charge in [-0.25, -0.2) is 0 Å². The van der Waals surface area contributed by atoms with Crippen LogP contribution in [0.15, 0.2) is 41.0 Å². The Balaban J connectivity index is 1.49. The summed E-state index contributed by atoms with van der Waals surface area (Å²) in [6, 6.07) is 10.3. The standard InChI is InChI=1S/C17H20N2O2/c1-13-16(7-11-21-13)17(20)18-8-10-19-9-6-14-4-2-3-5-15(14)12-19/h2-5,7,11H,6,8-10,12H2,1H3,(H,18,20). The maximum Gasteiger partial charge on any atom is 0.254 e. The Labute approximate surface area is 124 Å². The van der Waals surface area contributed by atoms with Crippen molar-refractivity contribution in [3.8, 4) is 0 Å². The number of aryl methyl sites for hydroxylation is 1. The minimum Gasteiger partial charge on any atom is -0.469 e. The number of hydrogen-bond donors (Lipinski definition) is 1. The maximum absolute atomic E-state index is 12.0. The molecule has 0 aliphatic carbocycles. The number of nitrogens with one attached hydrogen (secondary N) is 1. The second kappa shape index (κ2) is 6.14. The summed E-state index contributed by atoms with van der Waals surface area (Å²) in [4.78, 5) is 14.4. The number of benzene rings is 1. The molecule has 4 nitrogen and oxygen atoms in total. The monoisotopic (exact) mass is 284 g/mol. The zero-order valence-electron chi connectivity index (χ0n) is 12.3. The van der Waals surface area contributed by atoms with Crippen LogP contribution in [0, 0.1) is 6.92 Å². The lowest BCUT2D eigenvalue weighted by atomic mass is 10.00. The maximum atomic E-state index is 12.0. The third-order valence-electron chi connectivity index (χ3n) is 4.03. The summed E-state index contributed by atoms with van der Waals surface area (Å²) in [5, 5.41) is 2.96. The average molecular weight is 284 g/mol. The molecule has 0 saturated heterocycles. The fourth-order valence-electron chi connectivity index (χ4n) is 2.79. The predicted molar refractivity (Wildman–Crippen MR) is 81.2 cm³/mol. The smallest absolute Gasteiger partial charge is 0.254 e. The lowest BCUT2D eigenvalue weighted by molar-refractivity contribution is 0.0946. The summed E-state index contributed by atoms with van der Waals surface area (Å²) in [6.07, 6.45) is 2.64. The van der Waals surface area contributed by atoms with Crippen LogP contribution in [-0.4, -0.2) is 30.4 Å². The Morgan fingerprint density at radius 3 is 2.86 bits per heavy atom. The molecule has 4 heteroatoms. The Hall–Kier alpha value is -2.07. The van der Waals surface area contributed by atoms with E-state index in [9.17, 15) is 4.79 Å². The molecule has 1 N–H and O–H groups in total. The first kappa shape index (κ1) is 13.9. The molecule has 0 fully saturated rings. The van der Waals surface area contributed by atoms with E-state index in [1.165, 1.54) is 11.1 Å². The van der Waals surface area contributed by atoms with E-state index in [0.717, 1.165) is 26.1 Å². The molecule has 0 bridgehead atoms. The van der Waals surface area contributed by atoms with Gasteiger partial charge in [0.05, 0.1) is 11.8 Å². The van der Waals surface area contributed by atoms with Gasteiger partial charge in [0.2, 0.25) is 0 Å². The van der Waals surface area contributed by atoms with Gasteiger partial charge in [0.1, 0.15) is 5.76 Å². The van der Waals surface area contributed by atoms with Crippen molar-refractivity contribution in [1.29, 1.82) is 0 Å². The normalized spacial score (nSPS) is 14.7. The van der Waals surface area contributed by atoms with Gasteiger partial charge < -0.3 is 9.73 Å². The second-order valence-electron chi connectivity index (χ2n) is 5.44. The summed E-state index contributed by atoms with van der Waals surface area (Å²) in [7, 11) is 0. The van der Waals surface area contributed by atoms with Crippen molar-refractivity contribution in [2.75, 3.05) is 19.6 Å². The molecule has 1 aliphatic rings. The highest BCUT2D eigenvalue weighted by Gasteiger charge is 2.16. The summed E-state index contributed by atoms with van der Waals surface area (Å²) < 4.78 is 5.15. The van der Waals surface area contributed by atoms with Crippen molar-refractivity contribution >= 4 is 5.91 Å². The van der Waals surface area contributed by atoms with Crippen LogP contribution in [0.5, 0.6) is 0 Å². The van der Waals surface area contributed by atoms with Gasteiger partial charge in [-0.2, -0.15) is 0 Å². The first-order chi connectivity index (χ1) is 10.2. The molecular formula is C17H20N2O2. The van der Waals surface area contributed by atoms with Gasteiger partial charge in [0.15, 0.2) is 0 Å². The summed E-state index contributed by atoms with van der Waals surface area (Å²) >= 11 is 0. The fraction of sp³-hybridized carbons (Fsp3) is 0.353. The quantitative estimate of drug-likeness (QED) is 0.937. The van der Waals surface area contributed by atoms with Crippen molar-refractivity contribution in [2.24, 2.45) is 0 Å². The zero-order valence-corrected chi connectivity index (χ0v) is 12.3. The number of rotatable bonds is 4. The highest BCUT2D eigenvalue weighted by Crippen LogP contribution is 2.17. The molecule has 0 saturated carbocycles. The number of carbonyl (C=O) groups is 1. The average Bonchev–Trinajstić information content (AvgIpc) is 2.93. The Bertz CT molecular complexity index is 633. The number of furan rings is 1. The number of nitrogens with zero attached hydrogens (tertiary/aromatic N) is 1. The summed E-state index contributed by atoms with van der Waals surface area (Å²) in [5.74, 6) is 0.609. The van der Waals surface area contributed by atoms with E-state index in [1.54, 1.807) is 19.3 Å². The Morgan fingerprint density at radius 2 is 2.10 bits per heavy atom. The van der Waals surface area contributed by atoms with Gasteiger partial charge in [-0.3, -0.25) is 9.69 Å². The second-order valence-corrected chi connectivity index (χ2v) is 5.44. The van der Waals surface area contributed by atoms with E-state index in [4.69, 9.17) is 4.42 Å². The Kier molecular flexibility index (Phi) is 4.06. The van der Waals surface area contributed by atoms with Crippen LogP contribution in [0.25, 0.3) is 0 Å². The van der Waals surface area contributed by atoms with Crippen LogP contribution in [0.3, 0.4) is 0 Å². The van der Waals surface area contributed by atoms with E-state index >= 15 is 0 Å². The molecule has 1 aliphatic heterocycles. The van der Waals surface area contributed by atoms with Crippen LogP contribution in [0.1, 0.15) is 27.2 Å². The van der Waals surface area contributed by atoms with E-state index in [-0.39, 0.29) is 5.91 Å². The molecule has 0 radical (unpaired) electrons. The lowest BCUT2D eigenvalue weighted by Crippen LogP contribution is -2.37. The molecule has 21 heavy (non-hydrogen) atoms. The Morgan fingerprint density at radius 1 is 1.29 bits per heavy atom. The fourth-order valence-corrected chi connectivity index (χ4v) is 2.79. The minimum atomic E-state index is -0.0568. The minimum absolute atomic E-state index is 0.0568. The highest BCUT2D eigenvalue weighted by atomic mass is 16.3. The van der Waals surface area contributed by atoms with Crippen LogP contribution in [-0.2, 0) is 13.0 Å². The van der Waals surface area contributed by atoms with Crippen molar-refractivity contribution in [3.63, 3.8) is 0 Å². The zero-order chi connectivity index (χ0) is 14.7. The molecule has 1 amide bonds. The van der Waals surface area contributed by atoms with Gasteiger partial charge in [-0.1, -0.05) is 24.3 Å². The lowest BCUT2D eigenvalue weighted by Gasteiger charge is -2.28. The third kappa shape index (κ3) is 3.16. The van der Waals surface area contributed by atoms with Crippen molar-refractivity contribution < 1.29 is 9.21 Å². The number of fused-ring (bicyclic) bond motifs is 1. The highest BCUT2D eigenvalue weighted by molar-refractivity contribution is 5.94. The molecule has 1 aromatic carbocycles. The van der Waals surface area contributed by atoms with Crippen LogP contribution >= 0.6 is 0 Å². The number of carbonyl (C=O) groups excluding carboxylic acids is 1. The van der Waals surface area contributed by atoms with Crippen molar-refractivity contribution in [3.05, 3.63) is 59.0 Å². The molecule has 1 aromatic heterocycles. The van der Waals surface area contributed by atoms with Gasteiger partial charge in [0.25, 0.3) is 5.91 Å². The summed E-state index contributed by atoms with van der Waals surface area (Å²) in [5.41, 5.74) is 3.48. The first-order valence-electron chi connectivity index (χ1n) is 7.35. The van der Waals surface area contributed by atoms with Gasteiger partial charge in [-0.15, -0.1) is 0 Å². The summed E-state index contributed by atoms with van der Waals surface area (Å²) in [6.45, 7) is 5.35. The van der Waals surface area contributed by atoms with Crippen molar-refractivity contribution in [1.82, 2.24) is 10.2 Å². The van der Waals surface area contributed by atoms with Gasteiger partial charge in [0, 0.05) is 26.2 Å². The molecule has 0 atom stereocenters. The third-order valence-corrected chi connectivity index (χ3v) is 4.03.